The molecule has 0 radical (unpaired) electrons. The minimum absolute atomic E-state index is 1.12. The third kappa shape index (κ3) is 5.13. The Hall–Kier alpha value is -5.96. The van der Waals surface area contributed by atoms with Crippen molar-refractivity contribution in [1.29, 1.82) is 0 Å². The van der Waals surface area contributed by atoms with Gasteiger partial charge in [0.1, 0.15) is 0 Å². The zero-order valence-electron chi connectivity index (χ0n) is 26.3. The second-order valence-electron chi connectivity index (χ2n) is 12.2. The first kappa shape index (κ1) is 28.3. The highest BCUT2D eigenvalue weighted by molar-refractivity contribution is 7.25. The summed E-state index contributed by atoms with van der Waals surface area (Å²) in [5, 5.41) is 5.20. The Kier molecular flexibility index (Phi) is 7.07. The van der Waals surface area contributed by atoms with Crippen LogP contribution in [0.1, 0.15) is 0 Å². The van der Waals surface area contributed by atoms with Crippen LogP contribution in [0.25, 0.3) is 64.3 Å². The van der Waals surface area contributed by atoms with Crippen molar-refractivity contribution in [1.82, 2.24) is 0 Å². The number of nitrogens with zero attached hydrogens (tertiary/aromatic N) is 1. The van der Waals surface area contributed by atoms with Crippen LogP contribution in [0.3, 0.4) is 0 Å². The van der Waals surface area contributed by atoms with Gasteiger partial charge in [0.15, 0.2) is 0 Å². The van der Waals surface area contributed by atoms with Crippen LogP contribution in [-0.4, -0.2) is 0 Å². The fourth-order valence-corrected chi connectivity index (χ4v) is 8.02. The minimum Gasteiger partial charge on any atom is -0.311 e. The second kappa shape index (κ2) is 12.0. The smallest absolute Gasteiger partial charge is 0.0462 e. The van der Waals surface area contributed by atoms with E-state index in [1.807, 2.05) is 11.3 Å². The Balaban J connectivity index is 1.04. The summed E-state index contributed by atoms with van der Waals surface area (Å²) in [7, 11) is 0. The molecule has 0 aliphatic carbocycles. The zero-order valence-corrected chi connectivity index (χ0v) is 27.1. The van der Waals surface area contributed by atoms with E-state index in [1.165, 1.54) is 64.3 Å². The van der Waals surface area contributed by atoms with Crippen molar-refractivity contribution >= 4 is 59.3 Å². The van der Waals surface area contributed by atoms with Crippen molar-refractivity contribution < 1.29 is 0 Å². The van der Waals surface area contributed by atoms with E-state index in [-0.39, 0.29) is 0 Å². The first-order valence-electron chi connectivity index (χ1n) is 16.3. The number of fused-ring (bicyclic) bond motifs is 4. The molecule has 0 spiro atoms. The molecular weight excluding hydrogens is 599 g/mol. The molecule has 0 atom stereocenters. The lowest BCUT2D eigenvalue weighted by Crippen LogP contribution is -2.09. The van der Waals surface area contributed by atoms with Crippen molar-refractivity contribution in [3.05, 3.63) is 188 Å². The lowest BCUT2D eigenvalue weighted by atomic mass is 9.95. The topological polar surface area (TPSA) is 3.24 Å². The van der Waals surface area contributed by atoms with Gasteiger partial charge >= 0.3 is 0 Å². The van der Waals surface area contributed by atoms with Gasteiger partial charge in [-0.25, -0.2) is 0 Å². The summed E-state index contributed by atoms with van der Waals surface area (Å²) in [6.45, 7) is 0. The van der Waals surface area contributed by atoms with Crippen LogP contribution >= 0.6 is 11.3 Å². The number of benzene rings is 8. The maximum absolute atomic E-state index is 2.33. The molecule has 0 saturated heterocycles. The number of para-hydroxylation sites is 1. The number of hydrogen-bond acceptors (Lipinski definition) is 2. The van der Waals surface area contributed by atoms with Crippen molar-refractivity contribution in [2.24, 2.45) is 0 Å². The molecule has 1 nitrogen and oxygen atoms in total. The molecule has 8 aromatic carbocycles. The monoisotopic (exact) mass is 629 g/mol. The third-order valence-corrected chi connectivity index (χ3v) is 10.4. The Bertz CT molecular complexity index is 2540. The van der Waals surface area contributed by atoms with Crippen LogP contribution in [0.4, 0.5) is 17.1 Å². The quantitative estimate of drug-likeness (QED) is 0.177. The van der Waals surface area contributed by atoms with Crippen LogP contribution in [-0.2, 0) is 0 Å². The van der Waals surface area contributed by atoms with Gasteiger partial charge in [-0.1, -0.05) is 133 Å². The van der Waals surface area contributed by atoms with Crippen LogP contribution in [0.5, 0.6) is 0 Å². The molecule has 0 amide bonds. The molecule has 0 unspecified atom stereocenters. The number of anilines is 3. The molecule has 1 heterocycles. The number of thiophene rings is 1. The van der Waals surface area contributed by atoms with Crippen LogP contribution in [0.2, 0.25) is 0 Å². The van der Waals surface area contributed by atoms with E-state index >= 15 is 0 Å². The molecular formula is C46H31NS. The molecule has 226 valence electrons. The van der Waals surface area contributed by atoms with E-state index in [0.717, 1.165) is 17.1 Å². The van der Waals surface area contributed by atoms with Gasteiger partial charge in [-0.2, -0.15) is 0 Å². The summed E-state index contributed by atoms with van der Waals surface area (Å²) >= 11 is 1.86. The Labute approximate surface area is 284 Å². The summed E-state index contributed by atoms with van der Waals surface area (Å²) in [6, 6.07) is 68.1. The van der Waals surface area contributed by atoms with Gasteiger partial charge in [0.05, 0.1) is 0 Å². The standard InChI is InChI=1S/C46H31NS/c1-2-14-38(15-3-1)47(40-27-22-33(23-28-40)36-24-29-44-43-17-6-7-19-45(43)48-46(44)31-36)39-25-20-32(21-26-39)35-12-8-13-37(30-35)42-18-9-11-34-10-4-5-16-41(34)42/h1-31H. The minimum atomic E-state index is 1.12. The molecule has 9 rings (SSSR count). The summed E-state index contributed by atoms with van der Waals surface area (Å²) < 4.78 is 2.66. The molecule has 0 aliphatic heterocycles. The van der Waals surface area contributed by atoms with E-state index in [4.69, 9.17) is 0 Å². The van der Waals surface area contributed by atoms with Gasteiger partial charge in [0.25, 0.3) is 0 Å². The maximum atomic E-state index is 2.33. The van der Waals surface area contributed by atoms with Gasteiger partial charge < -0.3 is 4.90 Å². The van der Waals surface area contributed by atoms with E-state index in [0.29, 0.717) is 0 Å². The van der Waals surface area contributed by atoms with E-state index in [1.54, 1.807) is 0 Å². The summed E-state index contributed by atoms with van der Waals surface area (Å²) in [5.74, 6) is 0. The zero-order chi connectivity index (χ0) is 31.9. The predicted molar refractivity (Wildman–Crippen MR) is 208 cm³/mol. The van der Waals surface area contributed by atoms with E-state index in [2.05, 4.69) is 193 Å². The molecule has 0 fully saturated rings. The lowest BCUT2D eigenvalue weighted by molar-refractivity contribution is 1.28. The van der Waals surface area contributed by atoms with Crippen molar-refractivity contribution in [2.45, 2.75) is 0 Å². The Morgan fingerprint density at radius 2 is 0.854 bits per heavy atom. The molecule has 1 aromatic heterocycles. The van der Waals surface area contributed by atoms with E-state index in [9.17, 15) is 0 Å². The van der Waals surface area contributed by atoms with E-state index < -0.39 is 0 Å². The van der Waals surface area contributed by atoms with Crippen molar-refractivity contribution in [2.75, 3.05) is 4.90 Å². The van der Waals surface area contributed by atoms with Gasteiger partial charge in [-0.3, -0.25) is 0 Å². The second-order valence-corrected chi connectivity index (χ2v) is 13.3. The normalized spacial score (nSPS) is 11.3. The Morgan fingerprint density at radius 3 is 1.62 bits per heavy atom. The fourth-order valence-electron chi connectivity index (χ4n) is 6.88. The lowest BCUT2D eigenvalue weighted by Gasteiger charge is -2.26. The van der Waals surface area contributed by atoms with Gasteiger partial charge in [0, 0.05) is 37.2 Å². The van der Waals surface area contributed by atoms with Crippen LogP contribution in [0.15, 0.2) is 188 Å². The number of hydrogen-bond donors (Lipinski definition) is 0. The van der Waals surface area contributed by atoms with Gasteiger partial charge in [-0.05, 0) is 98.8 Å². The fraction of sp³-hybridized carbons (Fsp3) is 0. The summed E-state index contributed by atoms with van der Waals surface area (Å²) in [4.78, 5) is 2.33. The average molecular weight is 630 g/mol. The average Bonchev–Trinajstić information content (AvgIpc) is 3.54. The highest BCUT2D eigenvalue weighted by Crippen LogP contribution is 2.39. The molecule has 48 heavy (non-hydrogen) atoms. The molecule has 9 aromatic rings. The maximum Gasteiger partial charge on any atom is 0.0462 e. The summed E-state index contributed by atoms with van der Waals surface area (Å²) in [6.07, 6.45) is 0. The highest BCUT2D eigenvalue weighted by atomic mass is 32.1. The number of rotatable bonds is 6. The molecule has 0 bridgehead atoms. The summed E-state index contributed by atoms with van der Waals surface area (Å²) in [5.41, 5.74) is 10.7. The third-order valence-electron chi connectivity index (χ3n) is 9.27. The predicted octanol–water partition coefficient (Wildman–Crippen LogP) is 13.7. The van der Waals surface area contributed by atoms with Crippen molar-refractivity contribution in [3.8, 4) is 33.4 Å². The van der Waals surface area contributed by atoms with Crippen LogP contribution < -0.4 is 4.90 Å². The van der Waals surface area contributed by atoms with Crippen molar-refractivity contribution in [3.63, 3.8) is 0 Å². The molecule has 0 aliphatic rings. The van der Waals surface area contributed by atoms with Gasteiger partial charge in [-0.15, -0.1) is 11.3 Å². The highest BCUT2D eigenvalue weighted by Gasteiger charge is 2.14. The van der Waals surface area contributed by atoms with Crippen LogP contribution in [0, 0.1) is 0 Å². The molecule has 0 saturated carbocycles. The molecule has 0 N–H and O–H groups in total. The first-order chi connectivity index (χ1) is 23.8. The van der Waals surface area contributed by atoms with Gasteiger partial charge in [0.2, 0.25) is 0 Å². The largest absolute Gasteiger partial charge is 0.311 e. The molecule has 2 heteroatoms. The SMILES string of the molecule is c1ccc(N(c2ccc(-c3cccc(-c4cccc5ccccc45)c3)cc2)c2ccc(-c3ccc4c(c3)sc3ccccc34)cc2)cc1. The first-order valence-corrected chi connectivity index (χ1v) is 17.2. The Morgan fingerprint density at radius 1 is 0.312 bits per heavy atom.